The van der Waals surface area contributed by atoms with Crippen LogP contribution in [0.2, 0.25) is 0 Å². The third-order valence-electron chi connectivity index (χ3n) is 2.13. The van der Waals surface area contributed by atoms with Crippen molar-refractivity contribution in [2.75, 3.05) is 0 Å². The predicted octanol–water partition coefficient (Wildman–Crippen LogP) is 2.72. The van der Waals surface area contributed by atoms with Gasteiger partial charge in [-0.25, -0.2) is 0 Å². The lowest BCUT2D eigenvalue weighted by Crippen LogP contribution is -2.20. The van der Waals surface area contributed by atoms with Gasteiger partial charge in [0.2, 0.25) is 0 Å². The zero-order chi connectivity index (χ0) is 8.77. The first-order valence-corrected chi connectivity index (χ1v) is 4.24. The molecule has 12 heavy (non-hydrogen) atoms. The average molecular weight is 162 g/mol. The molecular formula is C10H14N2. The Labute approximate surface area is 72.2 Å². The molecule has 2 aromatic rings. The van der Waals surface area contributed by atoms with Gasteiger partial charge in [0, 0.05) is 17.9 Å². The standard InChI is InChI=1S/C10H14N2/c1-10(2,3)12-7-5-8-9(12)4-6-11-8/h4-7,11H,1-3H3. The molecule has 1 N–H and O–H groups in total. The highest BCUT2D eigenvalue weighted by molar-refractivity contribution is 5.76. The molecule has 0 aliphatic carbocycles. The lowest BCUT2D eigenvalue weighted by Gasteiger charge is -2.21. The highest BCUT2D eigenvalue weighted by Crippen LogP contribution is 2.22. The van der Waals surface area contributed by atoms with Crippen LogP contribution in [0.4, 0.5) is 0 Å². The maximum absolute atomic E-state index is 3.19. The van der Waals surface area contributed by atoms with Crippen LogP contribution in [0, 0.1) is 0 Å². The Bertz CT molecular complexity index is 387. The first-order valence-electron chi connectivity index (χ1n) is 4.24. The Morgan fingerprint density at radius 2 is 2.00 bits per heavy atom. The summed E-state index contributed by atoms with van der Waals surface area (Å²) in [6.07, 6.45) is 4.11. The van der Waals surface area contributed by atoms with Crippen molar-refractivity contribution in [3.8, 4) is 0 Å². The minimum Gasteiger partial charge on any atom is -0.360 e. The van der Waals surface area contributed by atoms with Crippen molar-refractivity contribution in [1.29, 1.82) is 0 Å². The van der Waals surface area contributed by atoms with Gasteiger partial charge in [-0.3, -0.25) is 0 Å². The van der Waals surface area contributed by atoms with Gasteiger partial charge in [-0.15, -0.1) is 0 Å². The molecule has 64 valence electrons. The minimum absolute atomic E-state index is 0.171. The molecule has 2 heteroatoms. The topological polar surface area (TPSA) is 20.7 Å². The first-order chi connectivity index (χ1) is 5.59. The van der Waals surface area contributed by atoms with Crippen LogP contribution in [0.15, 0.2) is 24.5 Å². The summed E-state index contributed by atoms with van der Waals surface area (Å²) in [5.41, 5.74) is 2.66. The summed E-state index contributed by atoms with van der Waals surface area (Å²) in [6, 6.07) is 4.22. The van der Waals surface area contributed by atoms with Crippen LogP contribution in [-0.2, 0) is 5.54 Å². The number of aromatic nitrogens is 2. The second-order valence-corrected chi connectivity index (χ2v) is 4.13. The van der Waals surface area contributed by atoms with Crippen LogP contribution in [0.1, 0.15) is 20.8 Å². The number of rotatable bonds is 0. The SMILES string of the molecule is CC(C)(C)n1ccc2[nH]ccc21. The zero-order valence-corrected chi connectivity index (χ0v) is 7.76. The molecule has 0 saturated heterocycles. The van der Waals surface area contributed by atoms with Crippen molar-refractivity contribution in [2.24, 2.45) is 0 Å². The van der Waals surface area contributed by atoms with Gasteiger partial charge in [0.05, 0.1) is 11.0 Å². The summed E-state index contributed by atoms with van der Waals surface area (Å²) in [6.45, 7) is 6.62. The third-order valence-corrected chi connectivity index (χ3v) is 2.13. The predicted molar refractivity (Wildman–Crippen MR) is 51.3 cm³/mol. The van der Waals surface area contributed by atoms with E-state index in [0.29, 0.717) is 0 Å². The Kier molecular flexibility index (Phi) is 1.34. The highest BCUT2D eigenvalue weighted by Gasteiger charge is 2.14. The fraction of sp³-hybridized carbons (Fsp3) is 0.400. The first kappa shape index (κ1) is 7.47. The van der Waals surface area contributed by atoms with Gasteiger partial charge in [-0.05, 0) is 32.9 Å². The van der Waals surface area contributed by atoms with Crippen LogP contribution in [0.5, 0.6) is 0 Å². The van der Waals surface area contributed by atoms with Crippen molar-refractivity contribution >= 4 is 11.0 Å². The molecule has 0 amide bonds. The maximum Gasteiger partial charge on any atom is 0.0665 e. The third kappa shape index (κ3) is 0.951. The fourth-order valence-electron chi connectivity index (χ4n) is 1.53. The van der Waals surface area contributed by atoms with Crippen molar-refractivity contribution in [2.45, 2.75) is 26.3 Å². The number of hydrogen-bond donors (Lipinski definition) is 1. The molecule has 0 atom stereocenters. The summed E-state index contributed by atoms with van der Waals surface area (Å²) in [7, 11) is 0. The number of aromatic amines is 1. The van der Waals surface area contributed by atoms with Gasteiger partial charge in [-0.1, -0.05) is 0 Å². The van der Waals surface area contributed by atoms with E-state index in [2.05, 4.69) is 48.7 Å². The van der Waals surface area contributed by atoms with E-state index in [9.17, 15) is 0 Å². The summed E-state index contributed by atoms with van der Waals surface area (Å²) in [4.78, 5) is 3.19. The van der Waals surface area contributed by atoms with Crippen molar-refractivity contribution in [3.05, 3.63) is 24.5 Å². The molecule has 0 aromatic carbocycles. The molecule has 0 fully saturated rings. The molecule has 2 heterocycles. The highest BCUT2D eigenvalue weighted by atomic mass is 15.0. The molecule has 0 unspecified atom stereocenters. The van der Waals surface area contributed by atoms with Gasteiger partial charge in [0.25, 0.3) is 0 Å². The van der Waals surface area contributed by atoms with E-state index in [0.717, 1.165) is 0 Å². The van der Waals surface area contributed by atoms with Gasteiger partial charge in [0.1, 0.15) is 0 Å². The lowest BCUT2D eigenvalue weighted by molar-refractivity contribution is 0.411. The molecule has 0 aliphatic heterocycles. The van der Waals surface area contributed by atoms with Crippen molar-refractivity contribution in [1.82, 2.24) is 9.55 Å². The van der Waals surface area contributed by atoms with Crippen LogP contribution >= 0.6 is 0 Å². The van der Waals surface area contributed by atoms with E-state index in [4.69, 9.17) is 0 Å². The maximum atomic E-state index is 3.19. The summed E-state index contributed by atoms with van der Waals surface area (Å²) in [5.74, 6) is 0. The Morgan fingerprint density at radius 3 is 2.67 bits per heavy atom. The van der Waals surface area contributed by atoms with E-state index in [-0.39, 0.29) is 5.54 Å². The molecule has 0 aliphatic rings. The van der Waals surface area contributed by atoms with Crippen molar-refractivity contribution < 1.29 is 0 Å². The molecule has 0 saturated carbocycles. The Balaban J connectivity index is 2.69. The molecule has 2 aromatic heterocycles. The normalized spacial score (nSPS) is 12.6. The summed E-state index contributed by atoms with van der Waals surface area (Å²) < 4.78 is 2.28. The van der Waals surface area contributed by atoms with E-state index in [1.807, 2.05) is 6.20 Å². The second kappa shape index (κ2) is 2.16. The van der Waals surface area contributed by atoms with E-state index in [1.54, 1.807) is 0 Å². The summed E-state index contributed by atoms with van der Waals surface area (Å²) >= 11 is 0. The monoisotopic (exact) mass is 162 g/mol. The zero-order valence-electron chi connectivity index (χ0n) is 7.76. The molecule has 2 nitrogen and oxygen atoms in total. The minimum atomic E-state index is 0.171. The van der Waals surface area contributed by atoms with Crippen LogP contribution in [-0.4, -0.2) is 9.55 Å². The van der Waals surface area contributed by atoms with Crippen molar-refractivity contribution in [3.63, 3.8) is 0 Å². The number of nitrogens with one attached hydrogen (secondary N) is 1. The molecule has 0 bridgehead atoms. The molecule has 0 radical (unpaired) electrons. The number of fused-ring (bicyclic) bond motifs is 1. The van der Waals surface area contributed by atoms with Crippen LogP contribution < -0.4 is 0 Å². The lowest BCUT2D eigenvalue weighted by atomic mass is 10.1. The molecule has 0 spiro atoms. The Hall–Kier alpha value is -1.18. The second-order valence-electron chi connectivity index (χ2n) is 4.13. The van der Waals surface area contributed by atoms with E-state index in [1.165, 1.54) is 11.0 Å². The molecule has 2 rings (SSSR count). The fourth-order valence-corrected chi connectivity index (χ4v) is 1.53. The smallest absolute Gasteiger partial charge is 0.0665 e. The van der Waals surface area contributed by atoms with Gasteiger partial charge < -0.3 is 9.55 Å². The summed E-state index contributed by atoms with van der Waals surface area (Å²) in [5, 5.41) is 0. The Morgan fingerprint density at radius 1 is 1.25 bits per heavy atom. The number of H-pyrrole nitrogens is 1. The van der Waals surface area contributed by atoms with Gasteiger partial charge >= 0.3 is 0 Å². The van der Waals surface area contributed by atoms with E-state index < -0.39 is 0 Å². The van der Waals surface area contributed by atoms with Gasteiger partial charge in [-0.2, -0.15) is 0 Å². The largest absolute Gasteiger partial charge is 0.360 e. The van der Waals surface area contributed by atoms with E-state index >= 15 is 0 Å². The molecular weight excluding hydrogens is 148 g/mol. The average Bonchev–Trinajstić information content (AvgIpc) is 2.37. The van der Waals surface area contributed by atoms with Crippen LogP contribution in [0.3, 0.4) is 0 Å². The van der Waals surface area contributed by atoms with Gasteiger partial charge in [0.15, 0.2) is 0 Å². The quantitative estimate of drug-likeness (QED) is 0.615. The number of nitrogens with zero attached hydrogens (tertiary/aromatic N) is 1. The number of hydrogen-bond acceptors (Lipinski definition) is 0. The van der Waals surface area contributed by atoms with Crippen LogP contribution in [0.25, 0.3) is 11.0 Å².